The first-order valence-corrected chi connectivity index (χ1v) is 24.1. The maximum Gasteiger partial charge on any atom is 0.261 e. The summed E-state index contributed by atoms with van der Waals surface area (Å²) in [7, 11) is -2.72. The molecule has 2 fully saturated rings. The highest BCUT2D eigenvalue weighted by Crippen LogP contribution is 2.48. The van der Waals surface area contributed by atoms with Crippen molar-refractivity contribution in [1.29, 1.82) is 0 Å². The first-order valence-electron chi connectivity index (χ1n) is 19.3. The van der Waals surface area contributed by atoms with Gasteiger partial charge in [-0.1, -0.05) is 159 Å². The third kappa shape index (κ3) is 10.2. The lowest BCUT2D eigenvalue weighted by Crippen LogP contribution is -2.66. The highest BCUT2D eigenvalue weighted by Gasteiger charge is 2.50. The summed E-state index contributed by atoms with van der Waals surface area (Å²) >= 11 is 0. The normalized spacial score (nSPS) is 20.5. The predicted octanol–water partition coefficient (Wildman–Crippen LogP) is 10.5. The van der Waals surface area contributed by atoms with Crippen LogP contribution in [0.3, 0.4) is 0 Å². The third-order valence-electron chi connectivity index (χ3n) is 12.2. The summed E-state index contributed by atoms with van der Waals surface area (Å²) in [5, 5.41) is 2.87. The van der Waals surface area contributed by atoms with Crippen molar-refractivity contribution in [3.05, 3.63) is 60.7 Å². The van der Waals surface area contributed by atoms with Gasteiger partial charge in [0.05, 0.1) is 6.10 Å². The van der Waals surface area contributed by atoms with Gasteiger partial charge in [-0.05, 0) is 65.6 Å². The quantitative estimate of drug-likeness (QED) is 0.0885. The lowest BCUT2D eigenvalue weighted by atomic mass is 9.25. The van der Waals surface area contributed by atoms with Gasteiger partial charge in [0.25, 0.3) is 8.32 Å². The summed E-state index contributed by atoms with van der Waals surface area (Å²) in [5.74, 6) is 1.89. The van der Waals surface area contributed by atoms with E-state index in [0.717, 1.165) is 57.1 Å². The van der Waals surface area contributed by atoms with Gasteiger partial charge in [-0.15, -0.1) is 0 Å². The fourth-order valence-corrected chi connectivity index (χ4v) is 14.7. The van der Waals surface area contributed by atoms with Crippen LogP contribution in [0, 0.1) is 0 Å². The zero-order chi connectivity index (χ0) is 34.8. The smallest absolute Gasteiger partial charge is 0.261 e. The number of ether oxygens (including phenoxy) is 2. The molecule has 0 saturated carbocycles. The molecule has 0 N–H and O–H groups in total. The second-order valence-corrected chi connectivity index (χ2v) is 26.6. The van der Waals surface area contributed by atoms with E-state index in [2.05, 4.69) is 115 Å². The standard InChI is InChI=1S/C41H69BO4Si2/c1-40(2,3)47(8,9)46-37(29-30-42-34-20-18-21-35(42)23-19-22-34)32-36(44-33-43-7)24-16-17-31-45-48(41(4,5)6,38-25-12-10-13-26-38)39-27-14-11-15-28-39/h10-15,25-28,34-37H,16-24,29-33H2,1-9H3/t34?,35?,36-,37-/m0/s1. The molecule has 0 aromatic heterocycles. The van der Waals surface area contributed by atoms with Crippen LogP contribution in [0.1, 0.15) is 112 Å². The molecule has 4 rings (SSSR count). The number of rotatable bonds is 18. The van der Waals surface area contributed by atoms with Gasteiger partial charge >= 0.3 is 0 Å². The summed E-state index contributed by atoms with van der Waals surface area (Å²) in [5.41, 5.74) is 0. The molecule has 4 nitrogen and oxygen atoms in total. The monoisotopic (exact) mass is 692 g/mol. The van der Waals surface area contributed by atoms with Crippen LogP contribution in [0.25, 0.3) is 0 Å². The minimum Gasteiger partial charge on any atom is -0.414 e. The summed E-state index contributed by atoms with van der Waals surface area (Å²) in [6.45, 7) is 21.0. The Labute approximate surface area is 297 Å². The van der Waals surface area contributed by atoms with Gasteiger partial charge in [-0.3, -0.25) is 0 Å². The average Bonchev–Trinajstić information content (AvgIpc) is 3.03. The van der Waals surface area contributed by atoms with Crippen LogP contribution in [0.15, 0.2) is 60.7 Å². The zero-order valence-corrected chi connectivity index (χ0v) is 34.2. The number of hydrogen-bond acceptors (Lipinski definition) is 4. The predicted molar refractivity (Wildman–Crippen MR) is 211 cm³/mol. The number of methoxy groups -OCH3 is 1. The molecule has 0 amide bonds. The Morgan fingerprint density at radius 1 is 0.729 bits per heavy atom. The summed E-state index contributed by atoms with van der Waals surface area (Å²) < 4.78 is 26.3. The first kappa shape index (κ1) is 39.6. The van der Waals surface area contributed by atoms with Crippen molar-refractivity contribution in [1.82, 2.24) is 0 Å². The summed E-state index contributed by atoms with van der Waals surface area (Å²) in [6, 6.07) is 22.0. The molecule has 0 radical (unpaired) electrons. The van der Waals surface area contributed by atoms with Gasteiger partial charge in [-0.2, -0.15) is 0 Å². The molecule has 48 heavy (non-hydrogen) atoms. The van der Waals surface area contributed by atoms with Gasteiger partial charge in [0.15, 0.2) is 8.32 Å². The van der Waals surface area contributed by atoms with E-state index in [1.54, 1.807) is 7.11 Å². The molecule has 2 aromatic rings. The van der Waals surface area contributed by atoms with Crippen LogP contribution < -0.4 is 10.4 Å². The van der Waals surface area contributed by atoms with E-state index >= 15 is 0 Å². The van der Waals surface area contributed by atoms with E-state index < -0.39 is 16.6 Å². The first-order chi connectivity index (χ1) is 22.8. The molecule has 2 aliphatic heterocycles. The van der Waals surface area contributed by atoms with Crippen LogP contribution in [-0.2, 0) is 18.3 Å². The molecule has 2 aromatic carbocycles. The Morgan fingerprint density at radius 3 is 1.75 bits per heavy atom. The van der Waals surface area contributed by atoms with Crippen LogP contribution in [-0.4, -0.2) is 56.1 Å². The fraction of sp³-hybridized carbons (Fsp3) is 0.707. The maximum absolute atomic E-state index is 7.23. The van der Waals surface area contributed by atoms with Crippen molar-refractivity contribution in [3.8, 4) is 0 Å². The molecule has 0 unspecified atom stereocenters. The molecule has 7 heteroatoms. The average molecular weight is 693 g/mol. The van der Waals surface area contributed by atoms with Gasteiger partial charge in [0.1, 0.15) is 13.5 Å². The number of unbranched alkanes of at least 4 members (excludes halogenated alkanes) is 1. The summed E-state index contributed by atoms with van der Waals surface area (Å²) in [4.78, 5) is 0. The molecule has 0 aliphatic carbocycles. The van der Waals surface area contributed by atoms with Crippen molar-refractivity contribution in [2.24, 2.45) is 0 Å². The van der Waals surface area contributed by atoms with Crippen LogP contribution in [0.5, 0.6) is 0 Å². The lowest BCUT2D eigenvalue weighted by molar-refractivity contribution is -0.0865. The van der Waals surface area contributed by atoms with Crippen LogP contribution in [0.2, 0.25) is 41.1 Å². The summed E-state index contributed by atoms with van der Waals surface area (Å²) in [6.07, 6.45) is 15.6. The van der Waals surface area contributed by atoms with Crippen molar-refractivity contribution >= 4 is 33.7 Å². The van der Waals surface area contributed by atoms with Crippen LogP contribution >= 0.6 is 0 Å². The molecule has 2 bridgehead atoms. The Kier molecular flexibility index (Phi) is 14.7. The molecule has 2 heterocycles. The Bertz CT molecular complexity index is 1130. The maximum atomic E-state index is 7.23. The molecule has 2 atom stereocenters. The van der Waals surface area contributed by atoms with E-state index in [9.17, 15) is 0 Å². The highest BCUT2D eigenvalue weighted by molar-refractivity contribution is 6.99. The molecule has 268 valence electrons. The van der Waals surface area contributed by atoms with E-state index in [-0.39, 0.29) is 22.3 Å². The Hall–Kier alpha value is -1.22. The number of hydrogen-bond donors (Lipinski definition) is 0. The topological polar surface area (TPSA) is 36.9 Å². The number of fused-ring (bicyclic) bond motifs is 2. The second kappa shape index (κ2) is 17.8. The Balaban J connectivity index is 1.43. The second-order valence-electron chi connectivity index (χ2n) is 17.6. The molecule has 2 aliphatic rings. The van der Waals surface area contributed by atoms with E-state index in [1.807, 2.05) is 0 Å². The van der Waals surface area contributed by atoms with Gasteiger partial charge in [0, 0.05) is 19.8 Å². The van der Waals surface area contributed by atoms with Gasteiger partial charge in [-0.25, -0.2) is 0 Å². The molecular weight excluding hydrogens is 623 g/mol. The van der Waals surface area contributed by atoms with Crippen LogP contribution in [0.4, 0.5) is 0 Å². The SMILES string of the molecule is COCO[C@@H](CCCCO[Si](c1ccccc1)(c1ccccc1)C(C)(C)C)C[C@H](CCB1C2CCCC1CCC2)O[Si](C)(C)C(C)(C)C. The fourth-order valence-electron chi connectivity index (χ4n) is 8.67. The zero-order valence-electron chi connectivity index (χ0n) is 32.2. The number of benzene rings is 2. The van der Waals surface area contributed by atoms with Crippen molar-refractivity contribution in [2.45, 2.75) is 166 Å². The largest absolute Gasteiger partial charge is 0.414 e. The van der Waals surface area contributed by atoms with Gasteiger partial charge < -0.3 is 18.3 Å². The molecular formula is C41H69BO4Si2. The van der Waals surface area contributed by atoms with E-state index in [0.29, 0.717) is 6.79 Å². The van der Waals surface area contributed by atoms with Gasteiger partial charge in [0.2, 0.25) is 0 Å². The molecule has 0 spiro atoms. The van der Waals surface area contributed by atoms with Crippen molar-refractivity contribution in [3.63, 3.8) is 0 Å². The lowest BCUT2D eigenvalue weighted by Gasteiger charge is -2.43. The van der Waals surface area contributed by atoms with E-state index in [1.165, 1.54) is 55.2 Å². The highest BCUT2D eigenvalue weighted by atomic mass is 28.4. The van der Waals surface area contributed by atoms with E-state index in [4.69, 9.17) is 18.3 Å². The minimum absolute atomic E-state index is 0.00898. The Morgan fingerprint density at radius 2 is 1.27 bits per heavy atom. The molecule has 2 saturated heterocycles. The van der Waals surface area contributed by atoms with Crippen molar-refractivity contribution < 1.29 is 18.3 Å². The van der Waals surface area contributed by atoms with Crippen molar-refractivity contribution in [2.75, 3.05) is 20.5 Å². The minimum atomic E-state index is -2.52. The third-order valence-corrected chi connectivity index (χ3v) is 21.8.